The summed E-state index contributed by atoms with van der Waals surface area (Å²) in [5, 5.41) is 6.68. The van der Waals surface area contributed by atoms with E-state index in [4.69, 9.17) is 49.0 Å². The molecule has 0 radical (unpaired) electrons. The maximum atomic E-state index is 13.1. The molecule has 17 heteroatoms. The summed E-state index contributed by atoms with van der Waals surface area (Å²) in [6.07, 6.45) is 3.09. The Morgan fingerprint density at radius 2 is 0.957 bits per heavy atom. The Morgan fingerprint density at radius 3 is 1.37 bits per heavy atom. The van der Waals surface area contributed by atoms with E-state index in [1.165, 1.54) is 12.3 Å². The van der Waals surface area contributed by atoms with Crippen LogP contribution in [0.1, 0.15) is 19.5 Å². The highest BCUT2D eigenvalue weighted by Gasteiger charge is 2.02. The molecule has 16 nitrogen and oxygen atoms in total. The second-order valence-corrected chi connectivity index (χ2v) is 8.16. The summed E-state index contributed by atoms with van der Waals surface area (Å²) in [7, 11) is 0. The molecule has 46 heavy (non-hydrogen) atoms. The van der Waals surface area contributed by atoms with E-state index >= 15 is 0 Å². The SMILES string of the molecule is CC.Cc1ncccc1OCCOCCOCCOCCN=[N+]=[N-].[N-]=[N+]=NCCOCCOCCOCCOc1cccnc1[18F]. The van der Waals surface area contributed by atoms with E-state index in [2.05, 4.69) is 30.0 Å². The zero-order valence-electron chi connectivity index (χ0n) is 27.0. The number of hydrogen-bond acceptors (Lipinski definition) is 12. The zero-order chi connectivity index (χ0) is 33.8. The highest BCUT2D eigenvalue weighted by atomic mass is 18.2. The van der Waals surface area contributed by atoms with Crippen molar-refractivity contribution in [1.82, 2.24) is 9.97 Å². The Balaban J connectivity index is 0.000000835. The third-order valence-corrected chi connectivity index (χ3v) is 4.94. The first-order valence-electron chi connectivity index (χ1n) is 14.9. The number of nitrogens with zero attached hydrogens (tertiary/aromatic N) is 8. The van der Waals surface area contributed by atoms with E-state index in [1.54, 1.807) is 12.3 Å². The predicted molar refractivity (Wildman–Crippen MR) is 168 cm³/mol. The van der Waals surface area contributed by atoms with Gasteiger partial charge in [0.25, 0.3) is 5.95 Å². The molecule has 0 spiro atoms. The average molecular weight is 654 g/mol. The summed E-state index contributed by atoms with van der Waals surface area (Å²) in [5.41, 5.74) is 17.0. The summed E-state index contributed by atoms with van der Waals surface area (Å²) < 4.78 is 55.4. The summed E-state index contributed by atoms with van der Waals surface area (Å²) in [4.78, 5) is 12.8. The lowest BCUT2D eigenvalue weighted by molar-refractivity contribution is 0.0103. The largest absolute Gasteiger partial charge is 0.489 e. The third kappa shape index (κ3) is 26.6. The van der Waals surface area contributed by atoms with Gasteiger partial charge in [-0.25, -0.2) is 4.98 Å². The van der Waals surface area contributed by atoms with Gasteiger partial charge < -0.3 is 37.9 Å². The molecule has 0 amide bonds. The lowest BCUT2D eigenvalue weighted by atomic mass is 10.3. The second-order valence-electron chi connectivity index (χ2n) is 8.16. The van der Waals surface area contributed by atoms with Gasteiger partial charge in [0.15, 0.2) is 5.75 Å². The Bertz CT molecular complexity index is 996. The standard InChI is InChI=1S/C14H22N4O4.C13H19FN4O4.C2H6/c1-13-14(3-2-4-16-13)22-12-11-21-10-9-20-8-7-19-6-5-17-18-15;14-13-12(2-1-3-16-13)22-11-10-21-9-8-20-7-6-19-5-4-17-18-15;1-2/h2-4H,5-12H2,1H3;1-3H,4-11H2;1-2H3/i;14-1;. The van der Waals surface area contributed by atoms with Crippen LogP contribution in [0.25, 0.3) is 20.9 Å². The molecule has 0 N–H and O–H groups in total. The fourth-order valence-electron chi connectivity index (χ4n) is 2.91. The van der Waals surface area contributed by atoms with Crippen molar-refractivity contribution in [3.05, 3.63) is 69.2 Å². The van der Waals surface area contributed by atoms with Crippen LogP contribution in [0.15, 0.2) is 46.9 Å². The first-order valence-corrected chi connectivity index (χ1v) is 14.9. The smallest absolute Gasteiger partial charge is 0.255 e. The minimum absolute atomic E-state index is 0.111. The molecule has 0 aliphatic rings. The van der Waals surface area contributed by atoms with Crippen molar-refractivity contribution in [1.29, 1.82) is 0 Å². The number of pyridine rings is 2. The lowest BCUT2D eigenvalue weighted by Gasteiger charge is -2.09. The number of rotatable bonds is 26. The summed E-state index contributed by atoms with van der Waals surface area (Å²) >= 11 is 0. The molecule has 0 saturated carbocycles. The number of aromatic nitrogens is 2. The van der Waals surface area contributed by atoms with Crippen LogP contribution >= 0.6 is 0 Å². The van der Waals surface area contributed by atoms with E-state index in [9.17, 15) is 4.39 Å². The summed E-state index contributed by atoms with van der Waals surface area (Å²) in [5.74, 6) is 0.256. The maximum absolute atomic E-state index is 13.1. The van der Waals surface area contributed by atoms with Gasteiger partial charge in [-0.1, -0.05) is 24.1 Å². The highest BCUT2D eigenvalue weighted by molar-refractivity contribution is 5.25. The minimum atomic E-state index is -0.633. The predicted octanol–water partition coefficient (Wildman–Crippen LogP) is 5.11. The van der Waals surface area contributed by atoms with Crippen LogP contribution in [0, 0.1) is 12.9 Å². The van der Waals surface area contributed by atoms with Crippen LogP contribution in [-0.4, -0.2) is 116 Å². The molecule has 0 fully saturated rings. The third-order valence-electron chi connectivity index (χ3n) is 4.94. The summed E-state index contributed by atoms with van der Waals surface area (Å²) in [6, 6.07) is 6.83. The van der Waals surface area contributed by atoms with Gasteiger partial charge in [0, 0.05) is 35.3 Å². The normalized spacial score (nSPS) is 9.91. The molecule has 0 bridgehead atoms. The van der Waals surface area contributed by atoms with Gasteiger partial charge in [0.2, 0.25) is 0 Å². The van der Waals surface area contributed by atoms with Gasteiger partial charge in [0.1, 0.15) is 19.0 Å². The van der Waals surface area contributed by atoms with Gasteiger partial charge in [-0.2, -0.15) is 4.39 Å². The molecule has 0 aliphatic carbocycles. The van der Waals surface area contributed by atoms with Gasteiger partial charge in [-0.05, 0) is 42.3 Å². The number of aryl methyl sites for hydroxylation is 1. The topological polar surface area (TPSA) is 197 Å². The zero-order valence-corrected chi connectivity index (χ0v) is 27.0. The molecule has 2 aromatic heterocycles. The van der Waals surface area contributed by atoms with Crippen molar-refractivity contribution in [2.45, 2.75) is 20.8 Å². The molecule has 0 aromatic carbocycles. The first kappa shape index (κ1) is 42.2. The number of ether oxygens (including phenoxy) is 8. The lowest BCUT2D eigenvalue weighted by Crippen LogP contribution is -2.13. The molecule has 0 atom stereocenters. The van der Waals surface area contributed by atoms with Gasteiger partial charge in [-0.15, -0.1) is 0 Å². The Morgan fingerprint density at radius 1 is 0.587 bits per heavy atom. The fraction of sp³-hybridized carbons (Fsp3) is 0.655. The molecule has 0 saturated heterocycles. The maximum Gasteiger partial charge on any atom is 0.255 e. The number of azide groups is 2. The Hall–Kier alpha value is -3.79. The van der Waals surface area contributed by atoms with Crippen molar-refractivity contribution in [3.63, 3.8) is 0 Å². The van der Waals surface area contributed by atoms with E-state index in [-0.39, 0.29) is 12.4 Å². The van der Waals surface area contributed by atoms with Crippen molar-refractivity contribution in [3.8, 4) is 11.5 Å². The van der Waals surface area contributed by atoms with Crippen molar-refractivity contribution < 1.29 is 42.3 Å². The molecule has 2 rings (SSSR count). The van der Waals surface area contributed by atoms with E-state index in [0.29, 0.717) is 99.0 Å². The quantitative estimate of drug-likeness (QED) is 0.0432. The molecule has 0 unspecified atom stereocenters. The molecular weight excluding hydrogens is 606 g/mol. The molecule has 258 valence electrons. The van der Waals surface area contributed by atoms with Gasteiger partial charge in [-0.3, -0.25) is 4.98 Å². The van der Waals surface area contributed by atoms with Crippen LogP contribution in [-0.2, 0) is 28.4 Å². The van der Waals surface area contributed by atoms with E-state index < -0.39 is 5.95 Å². The molecule has 0 aliphatic heterocycles. The van der Waals surface area contributed by atoms with Crippen LogP contribution in [0.5, 0.6) is 11.5 Å². The Labute approximate surface area is 269 Å². The van der Waals surface area contributed by atoms with E-state index in [0.717, 1.165) is 11.4 Å². The van der Waals surface area contributed by atoms with Crippen LogP contribution in [0.2, 0.25) is 0 Å². The Kier molecular flexibility index (Phi) is 31.3. The van der Waals surface area contributed by atoms with Gasteiger partial charge in [0.05, 0.1) is 85.0 Å². The minimum Gasteiger partial charge on any atom is -0.489 e. The number of halogens is 1. The van der Waals surface area contributed by atoms with Crippen molar-refractivity contribution in [2.75, 3.05) is 106 Å². The molecule has 2 heterocycles. The number of hydrogen-bond donors (Lipinski definition) is 0. The van der Waals surface area contributed by atoms with Crippen LogP contribution in [0.3, 0.4) is 0 Å². The highest BCUT2D eigenvalue weighted by Crippen LogP contribution is 2.13. The monoisotopic (exact) mass is 653 g/mol. The second kappa shape index (κ2) is 34.1. The van der Waals surface area contributed by atoms with Gasteiger partial charge >= 0.3 is 0 Å². The average Bonchev–Trinajstić information content (AvgIpc) is 3.08. The van der Waals surface area contributed by atoms with Crippen LogP contribution in [0.4, 0.5) is 4.39 Å². The first-order chi connectivity index (χ1) is 22.7. The van der Waals surface area contributed by atoms with Crippen molar-refractivity contribution in [2.24, 2.45) is 10.2 Å². The molecule has 2 aromatic rings. The van der Waals surface area contributed by atoms with Crippen molar-refractivity contribution >= 4 is 0 Å². The summed E-state index contributed by atoms with van der Waals surface area (Å²) in [6.45, 7) is 12.6. The molecular formula is C29H47FN8O8. The van der Waals surface area contributed by atoms with E-state index in [1.807, 2.05) is 32.9 Å². The van der Waals surface area contributed by atoms with Crippen LogP contribution < -0.4 is 9.47 Å². The fourth-order valence-corrected chi connectivity index (χ4v) is 2.91.